The summed E-state index contributed by atoms with van der Waals surface area (Å²) in [6.45, 7) is 7.73. The first-order chi connectivity index (χ1) is 10.6. The van der Waals surface area contributed by atoms with Gasteiger partial charge < -0.3 is 9.88 Å². The molecule has 2 heterocycles. The molecule has 1 fully saturated rings. The van der Waals surface area contributed by atoms with E-state index in [1.165, 1.54) is 18.5 Å². The molecule has 1 aromatic carbocycles. The molecule has 0 aliphatic carbocycles. The molecule has 0 bridgehead atoms. The first-order valence-electron chi connectivity index (χ1n) is 8.14. The van der Waals surface area contributed by atoms with Gasteiger partial charge in [-0.15, -0.1) is 0 Å². The number of pyridine rings is 1. The van der Waals surface area contributed by atoms with E-state index < -0.39 is 0 Å². The van der Waals surface area contributed by atoms with Gasteiger partial charge in [0.25, 0.3) is 5.56 Å². The van der Waals surface area contributed by atoms with Gasteiger partial charge in [-0.05, 0) is 74.8 Å². The number of fused-ring (bicyclic) bond motifs is 1. The van der Waals surface area contributed by atoms with Crippen LogP contribution in [-0.2, 0) is 0 Å². The maximum Gasteiger partial charge on any atom is 0.256 e. The SMILES string of the molecule is CCCN1CCC(c2c(C)[nH]c(=O)c3cc(Cl)ccc23)CC1. The third kappa shape index (κ3) is 2.92. The van der Waals surface area contributed by atoms with Gasteiger partial charge in [0, 0.05) is 16.1 Å². The van der Waals surface area contributed by atoms with Crippen molar-refractivity contribution in [2.45, 2.75) is 39.0 Å². The largest absolute Gasteiger partial charge is 0.326 e. The summed E-state index contributed by atoms with van der Waals surface area (Å²) in [7, 11) is 0. The Hall–Kier alpha value is -1.32. The lowest BCUT2D eigenvalue weighted by molar-refractivity contribution is 0.213. The second kappa shape index (κ2) is 6.43. The minimum Gasteiger partial charge on any atom is -0.326 e. The zero-order valence-corrected chi connectivity index (χ0v) is 14.0. The molecule has 0 atom stereocenters. The van der Waals surface area contributed by atoms with Crippen molar-refractivity contribution in [3.8, 4) is 0 Å². The van der Waals surface area contributed by atoms with Gasteiger partial charge in [-0.3, -0.25) is 4.79 Å². The van der Waals surface area contributed by atoms with Gasteiger partial charge in [0.2, 0.25) is 0 Å². The van der Waals surface area contributed by atoms with Crippen LogP contribution in [0.15, 0.2) is 23.0 Å². The molecule has 3 nitrogen and oxygen atoms in total. The molecule has 22 heavy (non-hydrogen) atoms. The van der Waals surface area contributed by atoms with Crippen molar-refractivity contribution in [1.29, 1.82) is 0 Å². The summed E-state index contributed by atoms with van der Waals surface area (Å²) >= 11 is 6.06. The number of piperidine rings is 1. The number of aromatic nitrogens is 1. The number of H-pyrrole nitrogens is 1. The zero-order valence-electron chi connectivity index (χ0n) is 13.3. The minimum absolute atomic E-state index is 0.0397. The van der Waals surface area contributed by atoms with Crippen LogP contribution in [0.3, 0.4) is 0 Å². The summed E-state index contributed by atoms with van der Waals surface area (Å²) in [4.78, 5) is 17.8. The molecule has 0 amide bonds. The lowest BCUT2D eigenvalue weighted by Crippen LogP contribution is -2.34. The van der Waals surface area contributed by atoms with E-state index in [0.717, 1.165) is 37.0 Å². The van der Waals surface area contributed by atoms with Crippen molar-refractivity contribution < 1.29 is 0 Å². The number of rotatable bonds is 3. The Morgan fingerprint density at radius 1 is 1.27 bits per heavy atom. The van der Waals surface area contributed by atoms with Gasteiger partial charge in [-0.1, -0.05) is 24.6 Å². The van der Waals surface area contributed by atoms with Crippen molar-refractivity contribution in [2.24, 2.45) is 0 Å². The van der Waals surface area contributed by atoms with Crippen molar-refractivity contribution in [3.05, 3.63) is 44.8 Å². The van der Waals surface area contributed by atoms with E-state index in [1.807, 2.05) is 19.1 Å². The van der Waals surface area contributed by atoms with Crippen molar-refractivity contribution >= 4 is 22.4 Å². The van der Waals surface area contributed by atoms with Crippen molar-refractivity contribution in [2.75, 3.05) is 19.6 Å². The highest BCUT2D eigenvalue weighted by Crippen LogP contribution is 2.34. The fourth-order valence-corrected chi connectivity index (χ4v) is 3.91. The Labute approximate surface area is 136 Å². The summed E-state index contributed by atoms with van der Waals surface area (Å²) in [5.41, 5.74) is 2.28. The molecule has 1 aliphatic rings. The van der Waals surface area contributed by atoms with Crippen LogP contribution in [0.4, 0.5) is 0 Å². The highest BCUT2D eigenvalue weighted by molar-refractivity contribution is 6.31. The molecule has 0 spiro atoms. The summed E-state index contributed by atoms with van der Waals surface area (Å²) in [5.74, 6) is 0.522. The fraction of sp³-hybridized carbons (Fsp3) is 0.500. The predicted octanol–water partition coefficient (Wildman–Crippen LogP) is 4.08. The minimum atomic E-state index is -0.0397. The van der Waals surface area contributed by atoms with Crippen molar-refractivity contribution in [1.82, 2.24) is 9.88 Å². The molecule has 0 unspecified atom stereocenters. The second-order valence-corrected chi connectivity index (χ2v) is 6.74. The Balaban J connectivity index is 1.99. The molecule has 1 saturated heterocycles. The Kier molecular flexibility index (Phi) is 4.55. The molecule has 1 aliphatic heterocycles. The van der Waals surface area contributed by atoms with E-state index in [9.17, 15) is 4.79 Å². The maximum absolute atomic E-state index is 12.2. The molecular weight excluding hydrogens is 296 g/mol. The zero-order chi connectivity index (χ0) is 15.7. The molecule has 0 radical (unpaired) electrons. The van der Waals surface area contributed by atoms with Crippen LogP contribution < -0.4 is 5.56 Å². The van der Waals surface area contributed by atoms with E-state index in [2.05, 4.69) is 16.8 Å². The molecule has 4 heteroatoms. The monoisotopic (exact) mass is 318 g/mol. The van der Waals surface area contributed by atoms with E-state index in [0.29, 0.717) is 16.3 Å². The number of nitrogens with one attached hydrogen (secondary N) is 1. The van der Waals surface area contributed by atoms with E-state index in [4.69, 9.17) is 11.6 Å². The highest BCUT2D eigenvalue weighted by atomic mass is 35.5. The van der Waals surface area contributed by atoms with E-state index in [1.54, 1.807) is 6.07 Å². The topological polar surface area (TPSA) is 36.1 Å². The van der Waals surface area contributed by atoms with Gasteiger partial charge in [0.15, 0.2) is 0 Å². The molecular formula is C18H23ClN2O. The normalized spacial score (nSPS) is 17.2. The quantitative estimate of drug-likeness (QED) is 0.925. The lowest BCUT2D eigenvalue weighted by Gasteiger charge is -2.33. The van der Waals surface area contributed by atoms with Crippen LogP contribution in [0, 0.1) is 6.92 Å². The van der Waals surface area contributed by atoms with E-state index in [-0.39, 0.29) is 5.56 Å². The maximum atomic E-state index is 12.2. The van der Waals surface area contributed by atoms with Crippen LogP contribution in [0.5, 0.6) is 0 Å². The van der Waals surface area contributed by atoms with Crippen molar-refractivity contribution in [3.63, 3.8) is 0 Å². The smallest absolute Gasteiger partial charge is 0.256 e. The number of likely N-dealkylation sites (tertiary alicyclic amines) is 1. The summed E-state index contributed by atoms with van der Waals surface area (Å²) in [6.07, 6.45) is 3.53. The summed E-state index contributed by atoms with van der Waals surface area (Å²) in [6, 6.07) is 5.68. The molecule has 118 valence electrons. The number of aryl methyl sites for hydroxylation is 1. The summed E-state index contributed by atoms with van der Waals surface area (Å²) in [5, 5.41) is 2.40. The van der Waals surface area contributed by atoms with E-state index >= 15 is 0 Å². The second-order valence-electron chi connectivity index (χ2n) is 6.30. The van der Waals surface area contributed by atoms with Crippen LogP contribution in [0.2, 0.25) is 5.02 Å². The van der Waals surface area contributed by atoms with Gasteiger partial charge in [-0.2, -0.15) is 0 Å². The molecule has 1 aromatic heterocycles. The van der Waals surface area contributed by atoms with Gasteiger partial charge in [-0.25, -0.2) is 0 Å². The number of hydrogen-bond donors (Lipinski definition) is 1. The number of hydrogen-bond acceptors (Lipinski definition) is 2. The Morgan fingerprint density at radius 3 is 2.68 bits per heavy atom. The number of benzene rings is 1. The van der Waals surface area contributed by atoms with Crippen LogP contribution in [0.1, 0.15) is 43.4 Å². The van der Waals surface area contributed by atoms with Crippen LogP contribution in [-0.4, -0.2) is 29.5 Å². The van der Waals surface area contributed by atoms with Crippen LogP contribution in [0.25, 0.3) is 10.8 Å². The molecule has 0 saturated carbocycles. The fourth-order valence-electron chi connectivity index (χ4n) is 3.73. The van der Waals surface area contributed by atoms with Gasteiger partial charge >= 0.3 is 0 Å². The predicted molar refractivity (Wildman–Crippen MR) is 93.0 cm³/mol. The Morgan fingerprint density at radius 2 is 2.00 bits per heavy atom. The first-order valence-corrected chi connectivity index (χ1v) is 8.52. The van der Waals surface area contributed by atoms with Gasteiger partial charge in [0.1, 0.15) is 0 Å². The van der Waals surface area contributed by atoms with Gasteiger partial charge in [0.05, 0.1) is 0 Å². The highest BCUT2D eigenvalue weighted by Gasteiger charge is 2.24. The standard InChI is InChI=1S/C18H23ClN2O/c1-3-8-21-9-6-13(7-10-21)17-12(2)20-18(22)16-11-14(19)4-5-15(16)17/h4-5,11,13H,3,6-10H2,1-2H3,(H,20,22). The molecule has 1 N–H and O–H groups in total. The molecule has 3 rings (SSSR count). The summed E-state index contributed by atoms with van der Waals surface area (Å²) < 4.78 is 0. The first kappa shape index (κ1) is 15.6. The average Bonchev–Trinajstić information content (AvgIpc) is 2.50. The van der Waals surface area contributed by atoms with Crippen LogP contribution >= 0.6 is 11.6 Å². The number of halogens is 1. The molecule has 2 aromatic rings. The lowest BCUT2D eigenvalue weighted by atomic mass is 9.85. The number of nitrogens with zero attached hydrogens (tertiary/aromatic N) is 1. The third-order valence-electron chi connectivity index (χ3n) is 4.76. The third-order valence-corrected chi connectivity index (χ3v) is 4.99. The number of aromatic amines is 1. The Bertz CT molecular complexity index is 730. The average molecular weight is 319 g/mol.